The van der Waals surface area contributed by atoms with E-state index in [2.05, 4.69) is 0 Å². The summed E-state index contributed by atoms with van der Waals surface area (Å²) in [5, 5.41) is 2.17. The third-order valence-corrected chi connectivity index (χ3v) is 6.14. The van der Waals surface area contributed by atoms with E-state index in [9.17, 15) is 18.8 Å². The summed E-state index contributed by atoms with van der Waals surface area (Å²) in [6, 6.07) is 12.3. The van der Waals surface area contributed by atoms with E-state index in [1.54, 1.807) is 49.7 Å². The molecule has 0 bridgehead atoms. The van der Waals surface area contributed by atoms with Crippen LogP contribution in [0.2, 0.25) is 5.02 Å². The number of aromatic nitrogens is 2. The molecule has 0 saturated carbocycles. The van der Waals surface area contributed by atoms with Crippen LogP contribution in [0.4, 0.5) is 10.1 Å². The van der Waals surface area contributed by atoms with Crippen molar-refractivity contribution in [2.45, 2.75) is 13.5 Å². The predicted octanol–water partition coefficient (Wildman–Crippen LogP) is 3.98. The zero-order chi connectivity index (χ0) is 22.3. The number of rotatable bonds is 4. The van der Waals surface area contributed by atoms with Gasteiger partial charge in [-0.2, -0.15) is 0 Å². The smallest absolute Gasteiger partial charge is 0.314 e. The number of carbonyl (C=O) groups excluding carboxylic acids is 1. The number of aryl methyl sites for hydroxylation is 1. The minimum absolute atomic E-state index is 0.274. The Morgan fingerprint density at radius 2 is 1.94 bits per heavy atom. The summed E-state index contributed by atoms with van der Waals surface area (Å²) in [5.74, 6) is -0.831. The van der Waals surface area contributed by atoms with Gasteiger partial charge in [-0.25, -0.2) is 13.8 Å². The van der Waals surface area contributed by atoms with Crippen LogP contribution in [-0.2, 0) is 11.3 Å². The highest BCUT2D eigenvalue weighted by atomic mass is 35.5. The Bertz CT molecular complexity index is 1440. The second kappa shape index (κ2) is 8.13. The van der Waals surface area contributed by atoms with Gasteiger partial charge < -0.3 is 4.90 Å². The van der Waals surface area contributed by atoms with Crippen molar-refractivity contribution in [3.63, 3.8) is 0 Å². The van der Waals surface area contributed by atoms with E-state index in [1.807, 2.05) is 0 Å². The largest absolute Gasteiger partial charge is 0.336 e. The van der Waals surface area contributed by atoms with Crippen molar-refractivity contribution in [3.8, 4) is 5.69 Å². The third kappa shape index (κ3) is 3.80. The van der Waals surface area contributed by atoms with Crippen molar-refractivity contribution < 1.29 is 9.18 Å². The Balaban J connectivity index is 1.85. The molecule has 31 heavy (non-hydrogen) atoms. The highest BCUT2D eigenvalue weighted by Crippen LogP contribution is 2.21. The maximum Gasteiger partial charge on any atom is 0.336 e. The molecule has 2 aromatic carbocycles. The number of halogens is 2. The molecule has 0 aliphatic rings. The molecule has 4 aromatic rings. The lowest BCUT2D eigenvalue weighted by atomic mass is 10.2. The van der Waals surface area contributed by atoms with Crippen LogP contribution in [0.3, 0.4) is 0 Å². The fourth-order valence-electron chi connectivity index (χ4n) is 3.39. The van der Waals surface area contributed by atoms with Gasteiger partial charge in [0.2, 0.25) is 5.91 Å². The van der Waals surface area contributed by atoms with E-state index in [1.165, 1.54) is 39.0 Å². The number of fused-ring (bicyclic) bond motifs is 1. The van der Waals surface area contributed by atoms with Crippen molar-refractivity contribution in [1.82, 2.24) is 9.13 Å². The second-order valence-electron chi connectivity index (χ2n) is 7.01. The zero-order valence-electron chi connectivity index (χ0n) is 16.6. The molecule has 1 amide bonds. The van der Waals surface area contributed by atoms with Gasteiger partial charge in [0, 0.05) is 17.8 Å². The highest BCUT2D eigenvalue weighted by Gasteiger charge is 2.20. The van der Waals surface area contributed by atoms with Crippen molar-refractivity contribution in [2.75, 3.05) is 11.9 Å². The lowest BCUT2D eigenvalue weighted by Crippen LogP contribution is -2.42. The van der Waals surface area contributed by atoms with Crippen molar-refractivity contribution in [3.05, 3.63) is 91.2 Å². The number of thiophene rings is 1. The molecule has 158 valence electrons. The molecule has 2 aromatic heterocycles. The molecule has 0 N–H and O–H groups in total. The van der Waals surface area contributed by atoms with E-state index in [0.717, 1.165) is 4.57 Å². The Kier molecular flexibility index (Phi) is 5.51. The predicted molar refractivity (Wildman–Crippen MR) is 121 cm³/mol. The summed E-state index contributed by atoms with van der Waals surface area (Å²) in [5.41, 5.74) is 0.494. The fraction of sp³-hybridized carbons (Fsp3) is 0.136. The Labute approximate surface area is 185 Å². The fourth-order valence-corrected chi connectivity index (χ4v) is 4.40. The second-order valence-corrected chi connectivity index (χ2v) is 8.36. The number of hydrogen-bond acceptors (Lipinski definition) is 4. The molecule has 0 unspecified atom stereocenters. The zero-order valence-corrected chi connectivity index (χ0v) is 18.2. The highest BCUT2D eigenvalue weighted by molar-refractivity contribution is 7.17. The molecule has 0 atom stereocenters. The molecule has 2 heterocycles. The van der Waals surface area contributed by atoms with Gasteiger partial charge in [-0.3, -0.25) is 14.2 Å². The van der Waals surface area contributed by atoms with E-state index in [4.69, 9.17) is 11.6 Å². The van der Waals surface area contributed by atoms with E-state index in [0.29, 0.717) is 26.5 Å². The Hall–Kier alpha value is -3.23. The summed E-state index contributed by atoms with van der Waals surface area (Å²) >= 11 is 7.20. The summed E-state index contributed by atoms with van der Waals surface area (Å²) in [6.07, 6.45) is 0. The molecule has 0 spiro atoms. The van der Waals surface area contributed by atoms with Gasteiger partial charge in [0.1, 0.15) is 17.1 Å². The Morgan fingerprint density at radius 3 is 2.65 bits per heavy atom. The molecule has 0 aliphatic heterocycles. The average molecular weight is 458 g/mol. The molecule has 4 rings (SSSR count). The van der Waals surface area contributed by atoms with E-state index in [-0.39, 0.29) is 18.1 Å². The van der Waals surface area contributed by atoms with Gasteiger partial charge in [0.05, 0.1) is 11.2 Å². The first-order chi connectivity index (χ1) is 14.8. The SMILES string of the molecule is Cc1cc(F)ccc1-n1c(=O)c2sccc2n(CC(=O)N(C)c2cccc(Cl)c2)c1=O. The van der Waals surface area contributed by atoms with Crippen LogP contribution < -0.4 is 16.1 Å². The number of nitrogens with zero attached hydrogens (tertiary/aromatic N) is 3. The van der Waals surface area contributed by atoms with Gasteiger partial charge in [0.25, 0.3) is 5.56 Å². The quantitative estimate of drug-likeness (QED) is 0.465. The lowest BCUT2D eigenvalue weighted by molar-refractivity contribution is -0.118. The third-order valence-electron chi connectivity index (χ3n) is 5.02. The van der Waals surface area contributed by atoms with E-state index < -0.39 is 17.1 Å². The average Bonchev–Trinajstić information content (AvgIpc) is 3.22. The first-order valence-electron chi connectivity index (χ1n) is 9.29. The molecule has 0 aliphatic carbocycles. The molecular formula is C22H17ClFN3O3S. The number of amides is 1. The van der Waals surface area contributed by atoms with Crippen LogP contribution in [-0.4, -0.2) is 22.1 Å². The number of anilines is 1. The van der Waals surface area contributed by atoms with Crippen LogP contribution in [0.5, 0.6) is 0 Å². The topological polar surface area (TPSA) is 64.3 Å². The molecule has 9 heteroatoms. The molecule has 0 fully saturated rings. The maximum atomic E-state index is 13.6. The number of carbonyl (C=O) groups is 1. The monoisotopic (exact) mass is 457 g/mol. The number of likely N-dealkylation sites (N-methyl/N-ethyl adjacent to an activating group) is 1. The molecule has 0 saturated heterocycles. The van der Waals surface area contributed by atoms with Gasteiger partial charge in [-0.1, -0.05) is 17.7 Å². The lowest BCUT2D eigenvalue weighted by Gasteiger charge is -2.19. The van der Waals surface area contributed by atoms with Crippen molar-refractivity contribution in [1.29, 1.82) is 0 Å². The normalized spacial score (nSPS) is 11.1. The van der Waals surface area contributed by atoms with Gasteiger partial charge in [-0.15, -0.1) is 11.3 Å². The molecule has 6 nitrogen and oxygen atoms in total. The first-order valence-corrected chi connectivity index (χ1v) is 10.6. The van der Waals surface area contributed by atoms with Crippen LogP contribution in [0.15, 0.2) is 63.5 Å². The van der Waals surface area contributed by atoms with Gasteiger partial charge >= 0.3 is 5.69 Å². The Morgan fingerprint density at radius 1 is 1.16 bits per heavy atom. The molecular weight excluding hydrogens is 441 g/mol. The van der Waals surface area contributed by atoms with Crippen molar-refractivity contribution >= 4 is 44.7 Å². The van der Waals surface area contributed by atoms with Crippen LogP contribution in [0.25, 0.3) is 15.9 Å². The summed E-state index contributed by atoms with van der Waals surface area (Å²) in [4.78, 5) is 40.7. The van der Waals surface area contributed by atoms with Crippen LogP contribution in [0.1, 0.15) is 5.56 Å². The van der Waals surface area contributed by atoms with Crippen LogP contribution in [0, 0.1) is 12.7 Å². The summed E-state index contributed by atoms with van der Waals surface area (Å²) in [6.45, 7) is 1.33. The standard InChI is InChI=1S/C22H17ClFN3O3S/c1-13-10-15(24)6-7-17(13)27-21(29)20-18(8-9-31-20)26(22(27)30)12-19(28)25(2)16-5-3-4-14(23)11-16/h3-11H,12H2,1-2H3. The molecule has 0 radical (unpaired) electrons. The van der Waals surface area contributed by atoms with Gasteiger partial charge in [0.15, 0.2) is 0 Å². The van der Waals surface area contributed by atoms with Gasteiger partial charge in [-0.05, 0) is 60.3 Å². The minimum atomic E-state index is -0.668. The number of benzene rings is 2. The first kappa shape index (κ1) is 21.0. The summed E-state index contributed by atoms with van der Waals surface area (Å²) in [7, 11) is 1.59. The summed E-state index contributed by atoms with van der Waals surface area (Å²) < 4.78 is 16.2. The maximum absolute atomic E-state index is 13.6. The van der Waals surface area contributed by atoms with Crippen LogP contribution >= 0.6 is 22.9 Å². The minimum Gasteiger partial charge on any atom is -0.314 e. The number of hydrogen-bond donors (Lipinski definition) is 0. The van der Waals surface area contributed by atoms with Crippen molar-refractivity contribution in [2.24, 2.45) is 0 Å². The van der Waals surface area contributed by atoms with E-state index >= 15 is 0 Å².